The van der Waals surface area contributed by atoms with Crippen LogP contribution in [0.3, 0.4) is 0 Å². The quantitative estimate of drug-likeness (QED) is 0.554. The number of benzene rings is 1. The van der Waals surface area contributed by atoms with Crippen LogP contribution in [0, 0.1) is 5.92 Å². The zero-order valence-corrected chi connectivity index (χ0v) is 13.0. The lowest BCUT2D eigenvalue weighted by atomic mass is 10.0. The van der Waals surface area contributed by atoms with Crippen LogP contribution < -0.4 is 4.74 Å². The van der Waals surface area contributed by atoms with Crippen molar-refractivity contribution >= 4 is 10.1 Å². The van der Waals surface area contributed by atoms with Gasteiger partial charge in [0.1, 0.15) is 10.6 Å². The summed E-state index contributed by atoms with van der Waals surface area (Å²) >= 11 is 0. The summed E-state index contributed by atoms with van der Waals surface area (Å²) in [5.74, 6) is 0.963. The maximum absolute atomic E-state index is 11.2. The Bertz CT molecular complexity index is 494. The fourth-order valence-corrected chi connectivity index (χ4v) is 2.60. The highest BCUT2D eigenvalue weighted by Crippen LogP contribution is 2.23. The number of para-hydroxylation sites is 1. The molecular weight excluding hydrogens is 276 g/mol. The van der Waals surface area contributed by atoms with Crippen molar-refractivity contribution in [1.82, 2.24) is 0 Å². The van der Waals surface area contributed by atoms with E-state index in [4.69, 9.17) is 9.29 Å². The predicted molar refractivity (Wildman–Crippen MR) is 79.7 cm³/mol. The molecule has 0 bridgehead atoms. The summed E-state index contributed by atoms with van der Waals surface area (Å²) in [5.41, 5.74) is 0. The molecule has 0 saturated carbocycles. The van der Waals surface area contributed by atoms with E-state index in [1.54, 1.807) is 18.2 Å². The molecule has 1 rings (SSSR count). The van der Waals surface area contributed by atoms with E-state index in [0.717, 1.165) is 18.8 Å². The molecule has 0 atom stereocenters. The third-order valence-corrected chi connectivity index (χ3v) is 3.95. The van der Waals surface area contributed by atoms with Gasteiger partial charge in [-0.2, -0.15) is 8.42 Å². The van der Waals surface area contributed by atoms with Gasteiger partial charge in [-0.15, -0.1) is 0 Å². The van der Waals surface area contributed by atoms with Gasteiger partial charge in [-0.3, -0.25) is 4.55 Å². The van der Waals surface area contributed by atoms with Gasteiger partial charge in [0.15, 0.2) is 0 Å². The molecule has 1 aromatic carbocycles. The molecule has 5 heteroatoms. The molecule has 0 saturated heterocycles. The van der Waals surface area contributed by atoms with Crippen molar-refractivity contribution in [3.63, 3.8) is 0 Å². The van der Waals surface area contributed by atoms with Crippen LogP contribution in [0.1, 0.15) is 46.0 Å². The Morgan fingerprint density at radius 3 is 2.40 bits per heavy atom. The first-order valence-corrected chi connectivity index (χ1v) is 8.54. The molecule has 0 radical (unpaired) electrons. The highest BCUT2D eigenvalue weighted by atomic mass is 32.2. The number of hydrogen-bond acceptors (Lipinski definition) is 3. The topological polar surface area (TPSA) is 63.6 Å². The van der Waals surface area contributed by atoms with Crippen LogP contribution >= 0.6 is 0 Å². The van der Waals surface area contributed by atoms with E-state index < -0.39 is 10.1 Å². The molecule has 4 nitrogen and oxygen atoms in total. The van der Waals surface area contributed by atoms with Crippen LogP contribution in [-0.2, 0) is 10.1 Å². The summed E-state index contributed by atoms with van der Waals surface area (Å²) in [5, 5.41) is 0. The van der Waals surface area contributed by atoms with E-state index in [-0.39, 0.29) is 10.6 Å². The van der Waals surface area contributed by atoms with Crippen molar-refractivity contribution in [2.24, 2.45) is 5.92 Å². The Kier molecular flexibility index (Phi) is 7.02. The van der Waals surface area contributed by atoms with Crippen molar-refractivity contribution in [3.05, 3.63) is 24.3 Å². The van der Waals surface area contributed by atoms with Crippen molar-refractivity contribution in [3.8, 4) is 5.75 Å². The van der Waals surface area contributed by atoms with Gasteiger partial charge in [0.25, 0.3) is 10.1 Å². The Balaban J connectivity index is 2.33. The summed E-state index contributed by atoms with van der Waals surface area (Å²) in [6, 6.07) is 6.14. The molecule has 114 valence electrons. The second kappa shape index (κ2) is 8.27. The molecule has 20 heavy (non-hydrogen) atoms. The fraction of sp³-hybridized carbons (Fsp3) is 0.600. The first-order chi connectivity index (χ1) is 9.41. The summed E-state index contributed by atoms with van der Waals surface area (Å²) in [6.45, 7) is 4.90. The van der Waals surface area contributed by atoms with Crippen LogP contribution in [0.2, 0.25) is 0 Å². The van der Waals surface area contributed by atoms with Crippen molar-refractivity contribution in [2.75, 3.05) is 6.61 Å². The molecule has 0 aliphatic carbocycles. The van der Waals surface area contributed by atoms with Crippen LogP contribution in [0.4, 0.5) is 0 Å². The summed E-state index contributed by atoms with van der Waals surface area (Å²) in [4.78, 5) is -0.167. The highest BCUT2D eigenvalue weighted by molar-refractivity contribution is 7.86. The molecule has 1 N–H and O–H groups in total. The monoisotopic (exact) mass is 300 g/mol. The van der Waals surface area contributed by atoms with Gasteiger partial charge in [0, 0.05) is 0 Å². The third-order valence-electron chi connectivity index (χ3n) is 3.06. The molecule has 0 spiro atoms. The molecule has 0 unspecified atom stereocenters. The molecule has 0 aromatic heterocycles. The Hall–Kier alpha value is -1.07. The number of unbranched alkanes of at least 4 members (excludes halogenated alkanes) is 3. The minimum absolute atomic E-state index is 0.167. The second-order valence-electron chi connectivity index (χ2n) is 5.37. The van der Waals surface area contributed by atoms with Gasteiger partial charge in [-0.05, 0) is 24.5 Å². The average Bonchev–Trinajstić information content (AvgIpc) is 2.36. The first-order valence-electron chi connectivity index (χ1n) is 7.10. The molecule has 0 aliphatic heterocycles. The molecule has 0 amide bonds. The molecule has 0 heterocycles. The Morgan fingerprint density at radius 2 is 1.75 bits per heavy atom. The van der Waals surface area contributed by atoms with Gasteiger partial charge in [-0.1, -0.05) is 51.7 Å². The SMILES string of the molecule is CC(C)CCCCCCOc1ccccc1S(=O)(=O)O. The van der Waals surface area contributed by atoms with E-state index in [1.165, 1.54) is 25.3 Å². The number of hydrogen-bond donors (Lipinski definition) is 1. The van der Waals surface area contributed by atoms with Crippen LogP contribution in [0.15, 0.2) is 29.2 Å². The summed E-state index contributed by atoms with van der Waals surface area (Å²) in [7, 11) is -4.22. The lowest BCUT2D eigenvalue weighted by Gasteiger charge is -2.09. The zero-order valence-electron chi connectivity index (χ0n) is 12.2. The van der Waals surface area contributed by atoms with Gasteiger partial charge < -0.3 is 4.74 Å². The third kappa shape index (κ3) is 6.39. The van der Waals surface area contributed by atoms with Gasteiger partial charge in [0.05, 0.1) is 6.61 Å². The highest BCUT2D eigenvalue weighted by Gasteiger charge is 2.15. The normalized spacial score (nSPS) is 11.8. The number of rotatable bonds is 9. The van der Waals surface area contributed by atoms with Crippen LogP contribution in [0.25, 0.3) is 0 Å². The minimum Gasteiger partial charge on any atom is -0.492 e. The summed E-state index contributed by atoms with van der Waals surface area (Å²) < 4.78 is 36.9. The standard InChI is InChI=1S/C15H24O4S/c1-13(2)9-5-3-4-8-12-19-14-10-6-7-11-15(14)20(16,17)18/h6-7,10-11,13H,3-5,8-9,12H2,1-2H3,(H,16,17,18). The molecule has 0 fully saturated rings. The van der Waals surface area contributed by atoms with Crippen molar-refractivity contribution < 1.29 is 17.7 Å². The van der Waals surface area contributed by atoms with Crippen molar-refractivity contribution in [2.45, 2.75) is 50.8 Å². The first kappa shape index (κ1) is 17.0. The maximum atomic E-state index is 11.2. The molecular formula is C15H24O4S. The summed E-state index contributed by atoms with van der Waals surface area (Å²) in [6.07, 6.45) is 5.59. The van der Waals surface area contributed by atoms with E-state index in [9.17, 15) is 8.42 Å². The zero-order chi connectivity index (χ0) is 15.0. The lowest BCUT2D eigenvalue weighted by Crippen LogP contribution is -2.04. The largest absolute Gasteiger partial charge is 0.492 e. The van der Waals surface area contributed by atoms with Crippen LogP contribution in [-0.4, -0.2) is 19.6 Å². The fourth-order valence-electron chi connectivity index (χ4n) is 1.97. The Labute approximate surface area is 121 Å². The van der Waals surface area contributed by atoms with Crippen molar-refractivity contribution in [1.29, 1.82) is 0 Å². The lowest BCUT2D eigenvalue weighted by molar-refractivity contribution is 0.295. The van der Waals surface area contributed by atoms with E-state index in [2.05, 4.69) is 13.8 Å². The maximum Gasteiger partial charge on any atom is 0.298 e. The van der Waals surface area contributed by atoms with Gasteiger partial charge >= 0.3 is 0 Å². The van der Waals surface area contributed by atoms with Gasteiger partial charge in [0.2, 0.25) is 0 Å². The smallest absolute Gasteiger partial charge is 0.298 e. The molecule has 1 aromatic rings. The van der Waals surface area contributed by atoms with E-state index in [0.29, 0.717) is 6.61 Å². The minimum atomic E-state index is -4.22. The molecule has 0 aliphatic rings. The van der Waals surface area contributed by atoms with E-state index in [1.807, 2.05) is 0 Å². The second-order valence-corrected chi connectivity index (χ2v) is 6.76. The van der Waals surface area contributed by atoms with E-state index >= 15 is 0 Å². The Morgan fingerprint density at radius 1 is 1.10 bits per heavy atom. The average molecular weight is 300 g/mol. The van der Waals surface area contributed by atoms with Gasteiger partial charge in [-0.25, -0.2) is 0 Å². The predicted octanol–water partition coefficient (Wildman–Crippen LogP) is 3.92. The number of ether oxygens (including phenoxy) is 1. The van der Waals surface area contributed by atoms with Crippen LogP contribution in [0.5, 0.6) is 5.75 Å².